The van der Waals surface area contributed by atoms with Gasteiger partial charge in [0, 0.05) is 43.3 Å². The number of ether oxygens (including phenoxy) is 4. The molecule has 1 aliphatic rings. The first-order valence-corrected chi connectivity index (χ1v) is 16.7. The molecule has 1 fully saturated rings. The third-order valence-electron chi connectivity index (χ3n) is 8.11. The van der Waals surface area contributed by atoms with Crippen LogP contribution in [0.4, 0.5) is 10.6 Å². The van der Waals surface area contributed by atoms with Gasteiger partial charge in [0.25, 0.3) is 0 Å². The lowest BCUT2D eigenvalue weighted by atomic mass is 10.0. The number of halogens is 2. The molecular formula is C39H43Cl2N5O9. The molecule has 1 aromatic heterocycles. The number of nitrogen functional groups attached to an aromatic ring is 1. The lowest BCUT2D eigenvalue weighted by Gasteiger charge is -2.22. The van der Waals surface area contributed by atoms with E-state index in [1.165, 1.54) is 25.3 Å². The number of esters is 3. The van der Waals surface area contributed by atoms with E-state index in [1.54, 1.807) is 30.3 Å². The SMILES string of the molecule is COC(=O)Cc1cc(C#CCOC(=O)Cc2ccc(N)nc2)cc(C#CCOC(=O)NC2CC(C(=O)OC)N(C(=O)CCc3ccc(CN)cc3)C2)c1.Cl.Cl. The lowest BCUT2D eigenvalue weighted by molar-refractivity contribution is -0.150. The summed E-state index contributed by atoms with van der Waals surface area (Å²) in [7, 11) is 2.53. The molecule has 0 radical (unpaired) electrons. The van der Waals surface area contributed by atoms with E-state index < -0.39 is 36.1 Å². The molecule has 1 saturated heterocycles. The molecule has 5 N–H and O–H groups in total. The Kier molecular flexibility index (Phi) is 19.0. The number of carbonyl (C=O) groups is 5. The van der Waals surface area contributed by atoms with Crippen LogP contribution in [0, 0.1) is 23.7 Å². The summed E-state index contributed by atoms with van der Waals surface area (Å²) >= 11 is 0. The van der Waals surface area contributed by atoms with Crippen molar-refractivity contribution < 1.29 is 42.9 Å². The van der Waals surface area contributed by atoms with Crippen LogP contribution < -0.4 is 16.8 Å². The van der Waals surface area contributed by atoms with Gasteiger partial charge in [0.2, 0.25) is 5.91 Å². The Bertz CT molecular complexity index is 1920. The molecule has 0 bridgehead atoms. The number of rotatable bonds is 12. The van der Waals surface area contributed by atoms with Crippen molar-refractivity contribution >= 4 is 60.5 Å². The van der Waals surface area contributed by atoms with E-state index in [0.29, 0.717) is 41.0 Å². The van der Waals surface area contributed by atoms with Gasteiger partial charge in [0.1, 0.15) is 11.9 Å². The van der Waals surface area contributed by atoms with Crippen molar-refractivity contribution in [3.63, 3.8) is 0 Å². The minimum absolute atomic E-state index is 0. The number of likely N-dealkylation sites (tertiary alicyclic amines) is 1. The zero-order chi connectivity index (χ0) is 38.2. The first-order valence-electron chi connectivity index (χ1n) is 16.7. The highest BCUT2D eigenvalue weighted by Crippen LogP contribution is 2.21. The normalized spacial score (nSPS) is 13.9. The Morgan fingerprint density at radius 1 is 0.818 bits per heavy atom. The highest BCUT2D eigenvalue weighted by molar-refractivity contribution is 5.86. The summed E-state index contributed by atoms with van der Waals surface area (Å²) in [5.74, 6) is 9.94. The Morgan fingerprint density at radius 2 is 1.44 bits per heavy atom. The van der Waals surface area contributed by atoms with Crippen LogP contribution in [0.3, 0.4) is 0 Å². The van der Waals surface area contributed by atoms with Gasteiger partial charge in [-0.15, -0.1) is 24.8 Å². The monoisotopic (exact) mass is 795 g/mol. The smallest absolute Gasteiger partial charge is 0.408 e. The van der Waals surface area contributed by atoms with Crippen LogP contribution in [0.1, 0.15) is 46.2 Å². The van der Waals surface area contributed by atoms with Crippen LogP contribution in [-0.4, -0.2) is 85.9 Å². The van der Waals surface area contributed by atoms with Gasteiger partial charge in [-0.2, -0.15) is 0 Å². The first-order chi connectivity index (χ1) is 25.6. The average Bonchev–Trinajstić information content (AvgIpc) is 3.58. The Balaban J connectivity index is 0.00000523. The third-order valence-corrected chi connectivity index (χ3v) is 8.11. The van der Waals surface area contributed by atoms with Crippen molar-refractivity contribution in [1.29, 1.82) is 0 Å². The molecular weight excluding hydrogens is 753 g/mol. The fraction of sp³-hybridized carbons (Fsp3) is 0.333. The fourth-order valence-corrected chi connectivity index (χ4v) is 5.45. The van der Waals surface area contributed by atoms with E-state index in [2.05, 4.69) is 34.0 Å². The van der Waals surface area contributed by atoms with Gasteiger partial charge in [-0.1, -0.05) is 54.0 Å². The van der Waals surface area contributed by atoms with Gasteiger partial charge in [-0.3, -0.25) is 14.4 Å². The number of alkyl carbamates (subject to hydrolysis) is 1. The summed E-state index contributed by atoms with van der Waals surface area (Å²) in [4.78, 5) is 67.7. The molecule has 0 aliphatic carbocycles. The van der Waals surface area contributed by atoms with Crippen molar-refractivity contribution in [2.75, 3.05) is 39.7 Å². The summed E-state index contributed by atoms with van der Waals surface area (Å²) in [6.45, 7) is 0.104. The van der Waals surface area contributed by atoms with E-state index in [-0.39, 0.29) is 76.2 Å². The molecule has 2 unspecified atom stereocenters. The lowest BCUT2D eigenvalue weighted by Crippen LogP contribution is -2.42. The Labute approximate surface area is 331 Å². The molecule has 16 heteroatoms. The van der Waals surface area contributed by atoms with Gasteiger partial charge in [-0.25, -0.2) is 14.6 Å². The second-order valence-corrected chi connectivity index (χ2v) is 12.0. The van der Waals surface area contributed by atoms with E-state index in [9.17, 15) is 24.0 Å². The first kappa shape index (κ1) is 45.4. The molecule has 0 spiro atoms. The summed E-state index contributed by atoms with van der Waals surface area (Å²) in [6, 6.07) is 14.6. The van der Waals surface area contributed by atoms with Gasteiger partial charge in [0.05, 0.1) is 33.1 Å². The number of methoxy groups -OCH3 is 2. The second-order valence-electron chi connectivity index (χ2n) is 12.0. The third kappa shape index (κ3) is 14.9. The van der Waals surface area contributed by atoms with Crippen LogP contribution in [0.15, 0.2) is 60.8 Å². The van der Waals surface area contributed by atoms with Gasteiger partial charge < -0.3 is 40.6 Å². The number of aromatic nitrogens is 1. The topological polar surface area (TPSA) is 202 Å². The molecule has 2 amide bonds. The zero-order valence-electron chi connectivity index (χ0n) is 30.3. The van der Waals surface area contributed by atoms with Crippen molar-refractivity contribution in [1.82, 2.24) is 15.2 Å². The fourth-order valence-electron chi connectivity index (χ4n) is 5.45. The highest BCUT2D eigenvalue weighted by Gasteiger charge is 2.40. The molecule has 2 aromatic carbocycles. The molecule has 14 nitrogen and oxygen atoms in total. The maximum atomic E-state index is 13.1. The summed E-state index contributed by atoms with van der Waals surface area (Å²) in [5.41, 5.74) is 15.4. The van der Waals surface area contributed by atoms with E-state index in [4.69, 9.17) is 30.4 Å². The van der Waals surface area contributed by atoms with Gasteiger partial charge >= 0.3 is 24.0 Å². The number of carbonyl (C=O) groups excluding carboxylic acids is 5. The quantitative estimate of drug-likeness (QED) is 0.138. The standard InChI is InChI=1S/C39H41N5O9.2ClH/c1-50-36(46)21-31-18-28(5-3-15-52-37(47)20-30-11-13-34(41)42-24-30)17-29(19-31)6-4-16-53-39(49)43-32-22-33(38(48)51-2)44(25-32)35(45)14-12-26-7-9-27(23-40)10-8-26;;/h7-11,13,17-19,24,32-33H,12,14-16,20-23,25,40H2,1-2H3,(H2,41,42)(H,43,49);2*1H. The molecule has 55 heavy (non-hydrogen) atoms. The summed E-state index contributed by atoms with van der Waals surface area (Å²) in [5, 5.41) is 2.70. The largest absolute Gasteiger partial charge is 0.469 e. The average molecular weight is 797 g/mol. The summed E-state index contributed by atoms with van der Waals surface area (Å²) < 4.78 is 20.1. The van der Waals surface area contributed by atoms with Crippen LogP contribution in [0.5, 0.6) is 0 Å². The maximum Gasteiger partial charge on any atom is 0.408 e. The van der Waals surface area contributed by atoms with E-state index >= 15 is 0 Å². The highest BCUT2D eigenvalue weighted by atomic mass is 35.5. The van der Waals surface area contributed by atoms with Crippen molar-refractivity contribution in [2.24, 2.45) is 5.73 Å². The van der Waals surface area contributed by atoms with Crippen LogP contribution in [0.25, 0.3) is 0 Å². The zero-order valence-corrected chi connectivity index (χ0v) is 32.0. The van der Waals surface area contributed by atoms with Gasteiger partial charge in [0.15, 0.2) is 13.2 Å². The molecule has 0 saturated carbocycles. The summed E-state index contributed by atoms with van der Waals surface area (Å²) in [6.07, 6.45) is 1.54. The molecule has 4 rings (SSSR count). The Morgan fingerprint density at radius 3 is 2.04 bits per heavy atom. The van der Waals surface area contributed by atoms with Gasteiger partial charge in [-0.05, 0) is 52.9 Å². The van der Waals surface area contributed by atoms with Crippen LogP contribution >= 0.6 is 24.8 Å². The molecule has 1 aliphatic heterocycles. The number of pyridine rings is 1. The molecule has 2 heterocycles. The molecule has 2 atom stereocenters. The number of nitrogens with two attached hydrogens (primary N) is 2. The number of anilines is 1. The molecule has 292 valence electrons. The number of aryl methyl sites for hydroxylation is 1. The van der Waals surface area contributed by atoms with Crippen molar-refractivity contribution in [2.45, 2.75) is 50.7 Å². The maximum absolute atomic E-state index is 13.1. The minimum Gasteiger partial charge on any atom is -0.469 e. The second kappa shape index (κ2) is 23.1. The number of nitrogens with one attached hydrogen (secondary N) is 1. The number of nitrogens with zero attached hydrogens (tertiary/aromatic N) is 2. The predicted octanol–water partition coefficient (Wildman–Crippen LogP) is 2.67. The van der Waals surface area contributed by atoms with E-state index in [0.717, 1.165) is 11.1 Å². The number of benzene rings is 2. The number of hydrogen-bond acceptors (Lipinski definition) is 12. The number of hydrogen-bond donors (Lipinski definition) is 3. The van der Waals surface area contributed by atoms with Crippen LogP contribution in [-0.2, 0) is 63.9 Å². The predicted molar refractivity (Wildman–Crippen MR) is 207 cm³/mol. The number of amides is 2. The Hall–Kier alpha value is -5.80. The van der Waals surface area contributed by atoms with Crippen molar-refractivity contribution in [3.8, 4) is 23.7 Å². The minimum atomic E-state index is -0.842. The molecule has 3 aromatic rings. The van der Waals surface area contributed by atoms with Crippen molar-refractivity contribution in [3.05, 3.63) is 94.2 Å². The van der Waals surface area contributed by atoms with Crippen LogP contribution in [0.2, 0.25) is 0 Å². The van der Waals surface area contributed by atoms with E-state index in [1.807, 2.05) is 24.3 Å².